The number of aliphatic hydroxyl groups is 4. The standard InChI is InChI=1S/C32H50O6/c1-6-9-25(26-17-22(10-7-13-33)16-24(29(26)37)20-31(2,3)21-36)27-18-23(11-8-14-34)19-28(30(27)38)32(4,5)12-15-35/h16-19,25,33-38H,6-15,20-21H2,1-5H3. The van der Waals surface area contributed by atoms with E-state index in [1.165, 1.54) is 0 Å². The molecule has 0 aliphatic carbocycles. The van der Waals surface area contributed by atoms with Crippen molar-refractivity contribution in [2.75, 3.05) is 26.4 Å². The maximum Gasteiger partial charge on any atom is 0.123 e. The molecule has 38 heavy (non-hydrogen) atoms. The summed E-state index contributed by atoms with van der Waals surface area (Å²) in [5.41, 5.74) is 4.12. The first-order valence-electron chi connectivity index (χ1n) is 14.1. The maximum atomic E-state index is 11.7. The highest BCUT2D eigenvalue weighted by Crippen LogP contribution is 2.46. The molecule has 0 aromatic heterocycles. The highest BCUT2D eigenvalue weighted by molar-refractivity contribution is 5.55. The van der Waals surface area contributed by atoms with Gasteiger partial charge in [0, 0.05) is 49.0 Å². The van der Waals surface area contributed by atoms with E-state index >= 15 is 0 Å². The molecule has 6 nitrogen and oxygen atoms in total. The highest BCUT2D eigenvalue weighted by atomic mass is 16.3. The molecule has 1 atom stereocenters. The second-order valence-corrected chi connectivity index (χ2v) is 12.1. The number of hydrogen-bond acceptors (Lipinski definition) is 6. The van der Waals surface area contributed by atoms with E-state index in [2.05, 4.69) is 6.92 Å². The second-order valence-electron chi connectivity index (χ2n) is 12.1. The molecule has 0 spiro atoms. The summed E-state index contributed by atoms with van der Waals surface area (Å²) in [6.45, 7) is 10.1. The highest BCUT2D eigenvalue weighted by Gasteiger charge is 2.30. The van der Waals surface area contributed by atoms with Gasteiger partial charge in [-0.1, -0.05) is 65.3 Å². The van der Waals surface area contributed by atoms with Crippen LogP contribution in [0.4, 0.5) is 0 Å². The van der Waals surface area contributed by atoms with Gasteiger partial charge in [0.15, 0.2) is 0 Å². The van der Waals surface area contributed by atoms with Crippen LogP contribution in [0.15, 0.2) is 24.3 Å². The molecule has 0 aliphatic heterocycles. The van der Waals surface area contributed by atoms with Gasteiger partial charge in [-0.25, -0.2) is 0 Å². The first-order chi connectivity index (χ1) is 17.9. The smallest absolute Gasteiger partial charge is 0.123 e. The molecule has 2 aromatic rings. The van der Waals surface area contributed by atoms with Crippen LogP contribution >= 0.6 is 0 Å². The summed E-state index contributed by atoms with van der Waals surface area (Å²) in [7, 11) is 0. The fourth-order valence-corrected chi connectivity index (χ4v) is 5.30. The van der Waals surface area contributed by atoms with E-state index < -0.39 is 10.8 Å². The Morgan fingerprint density at radius 1 is 0.737 bits per heavy atom. The van der Waals surface area contributed by atoms with Gasteiger partial charge in [-0.2, -0.15) is 0 Å². The summed E-state index contributed by atoms with van der Waals surface area (Å²) in [6, 6.07) is 7.96. The summed E-state index contributed by atoms with van der Waals surface area (Å²) in [5, 5.41) is 61.8. The molecule has 6 N–H and O–H groups in total. The van der Waals surface area contributed by atoms with E-state index in [9.17, 15) is 30.6 Å². The molecule has 2 aromatic carbocycles. The summed E-state index contributed by atoms with van der Waals surface area (Å²) in [6.07, 6.45) is 5.04. The number of benzene rings is 2. The van der Waals surface area contributed by atoms with Crippen LogP contribution in [0.2, 0.25) is 0 Å². The lowest BCUT2D eigenvalue weighted by atomic mass is 9.75. The molecule has 0 saturated heterocycles. The van der Waals surface area contributed by atoms with Crippen LogP contribution in [0.25, 0.3) is 0 Å². The molecule has 214 valence electrons. The molecule has 0 saturated carbocycles. The van der Waals surface area contributed by atoms with Gasteiger partial charge in [-0.3, -0.25) is 0 Å². The predicted octanol–water partition coefficient (Wildman–Crippen LogP) is 5.10. The van der Waals surface area contributed by atoms with Crippen LogP contribution in [0, 0.1) is 5.41 Å². The van der Waals surface area contributed by atoms with Gasteiger partial charge >= 0.3 is 0 Å². The maximum absolute atomic E-state index is 11.7. The number of aromatic hydroxyl groups is 2. The van der Waals surface area contributed by atoms with E-state index in [1.54, 1.807) is 0 Å². The Morgan fingerprint density at radius 3 is 1.79 bits per heavy atom. The van der Waals surface area contributed by atoms with Crippen molar-refractivity contribution < 1.29 is 30.6 Å². The minimum Gasteiger partial charge on any atom is -0.507 e. The van der Waals surface area contributed by atoms with Crippen molar-refractivity contribution in [1.82, 2.24) is 0 Å². The largest absolute Gasteiger partial charge is 0.507 e. The monoisotopic (exact) mass is 530 g/mol. The average Bonchev–Trinajstić information content (AvgIpc) is 2.87. The van der Waals surface area contributed by atoms with Crippen LogP contribution in [-0.4, -0.2) is 57.1 Å². The van der Waals surface area contributed by atoms with Gasteiger partial charge in [0.05, 0.1) is 0 Å². The third kappa shape index (κ3) is 8.19. The number of phenolic OH excluding ortho intramolecular Hbond substituents is 2. The molecule has 1 unspecified atom stereocenters. The molecule has 0 bridgehead atoms. The van der Waals surface area contributed by atoms with Gasteiger partial charge < -0.3 is 30.6 Å². The lowest BCUT2D eigenvalue weighted by molar-refractivity contribution is 0.159. The zero-order valence-electron chi connectivity index (χ0n) is 24.1. The fraction of sp³-hybridized carbons (Fsp3) is 0.625. The van der Waals surface area contributed by atoms with Gasteiger partial charge in [0.25, 0.3) is 0 Å². The molecule has 0 fully saturated rings. The minimum atomic E-state index is -0.471. The minimum absolute atomic E-state index is 0.00127. The van der Waals surface area contributed by atoms with Crippen molar-refractivity contribution in [2.24, 2.45) is 5.41 Å². The molecule has 0 radical (unpaired) electrons. The van der Waals surface area contributed by atoms with Crippen molar-refractivity contribution in [3.8, 4) is 11.5 Å². The average molecular weight is 531 g/mol. The lowest BCUT2D eigenvalue weighted by Crippen LogP contribution is -2.21. The molecular weight excluding hydrogens is 480 g/mol. The Balaban J connectivity index is 2.81. The van der Waals surface area contributed by atoms with Gasteiger partial charge in [-0.05, 0) is 72.5 Å². The van der Waals surface area contributed by atoms with Crippen molar-refractivity contribution in [3.05, 3.63) is 57.6 Å². The Bertz CT molecular complexity index is 1030. The first kappa shape index (κ1) is 32.1. The van der Waals surface area contributed by atoms with E-state index in [-0.39, 0.29) is 43.8 Å². The van der Waals surface area contributed by atoms with Crippen LogP contribution in [0.5, 0.6) is 11.5 Å². The van der Waals surface area contributed by atoms with Gasteiger partial charge in [0.1, 0.15) is 11.5 Å². The predicted molar refractivity (Wildman–Crippen MR) is 153 cm³/mol. The number of phenols is 2. The summed E-state index contributed by atoms with van der Waals surface area (Å²) >= 11 is 0. The number of rotatable bonds is 16. The van der Waals surface area contributed by atoms with E-state index in [0.717, 1.165) is 39.8 Å². The normalized spacial score (nSPS) is 13.2. The van der Waals surface area contributed by atoms with Crippen molar-refractivity contribution >= 4 is 0 Å². The number of aryl methyl sites for hydroxylation is 2. The quantitative estimate of drug-likeness (QED) is 0.180. The SMILES string of the molecule is CCCC(c1cc(CCCO)cc(CC(C)(C)CO)c1O)c1cc(CCCO)cc(C(C)(C)CCO)c1O. The van der Waals surface area contributed by atoms with E-state index in [4.69, 9.17) is 0 Å². The Morgan fingerprint density at radius 2 is 1.29 bits per heavy atom. The summed E-state index contributed by atoms with van der Waals surface area (Å²) in [4.78, 5) is 0. The van der Waals surface area contributed by atoms with Gasteiger partial charge in [0.2, 0.25) is 0 Å². The fourth-order valence-electron chi connectivity index (χ4n) is 5.30. The summed E-state index contributed by atoms with van der Waals surface area (Å²) < 4.78 is 0. The third-order valence-electron chi connectivity index (χ3n) is 7.62. The molecule has 0 heterocycles. The Hall–Kier alpha value is -2.12. The third-order valence-corrected chi connectivity index (χ3v) is 7.62. The first-order valence-corrected chi connectivity index (χ1v) is 14.1. The van der Waals surface area contributed by atoms with Crippen LogP contribution in [0.1, 0.15) is 106 Å². The zero-order chi connectivity index (χ0) is 28.5. The van der Waals surface area contributed by atoms with Crippen molar-refractivity contribution in [2.45, 2.75) is 97.3 Å². The zero-order valence-corrected chi connectivity index (χ0v) is 24.1. The topological polar surface area (TPSA) is 121 Å². The van der Waals surface area contributed by atoms with Gasteiger partial charge in [-0.15, -0.1) is 0 Å². The molecular formula is C32H50O6. The van der Waals surface area contributed by atoms with Crippen LogP contribution in [-0.2, 0) is 24.7 Å². The van der Waals surface area contributed by atoms with E-state index in [1.807, 2.05) is 52.0 Å². The molecule has 0 aliphatic rings. The van der Waals surface area contributed by atoms with Crippen LogP contribution in [0.3, 0.4) is 0 Å². The molecule has 2 rings (SSSR count). The lowest BCUT2D eigenvalue weighted by Gasteiger charge is -2.30. The van der Waals surface area contributed by atoms with Crippen LogP contribution < -0.4 is 0 Å². The number of hydrogen-bond donors (Lipinski definition) is 6. The van der Waals surface area contributed by atoms with Crippen molar-refractivity contribution in [3.63, 3.8) is 0 Å². The summed E-state index contributed by atoms with van der Waals surface area (Å²) in [5.74, 6) is 0.101. The number of aliphatic hydroxyl groups excluding tert-OH is 4. The molecule has 6 heteroatoms. The van der Waals surface area contributed by atoms with E-state index in [0.29, 0.717) is 44.9 Å². The Labute approximate surface area is 229 Å². The Kier molecular flexibility index (Phi) is 12.1. The molecule has 0 amide bonds. The van der Waals surface area contributed by atoms with Crippen molar-refractivity contribution in [1.29, 1.82) is 0 Å². The second kappa shape index (κ2) is 14.3.